The molecule has 0 saturated carbocycles. The molecule has 0 aromatic heterocycles. The Kier molecular flexibility index (Phi) is 1.15. The van der Waals surface area contributed by atoms with Crippen LogP contribution in [-0.4, -0.2) is 22.9 Å². The largest absolute Gasteiger partial charge is 0.369 e. The quantitative estimate of drug-likeness (QED) is 0.289. The van der Waals surface area contributed by atoms with Crippen LogP contribution in [0.3, 0.4) is 0 Å². The van der Waals surface area contributed by atoms with Crippen LogP contribution >= 0.6 is 0 Å². The average molecular weight is 114 g/mol. The summed E-state index contributed by atoms with van der Waals surface area (Å²) in [7, 11) is 0. The van der Waals surface area contributed by atoms with Gasteiger partial charge in [0.25, 0.3) is 0 Å². The van der Waals surface area contributed by atoms with E-state index in [1.54, 1.807) is 0 Å². The summed E-state index contributed by atoms with van der Waals surface area (Å²) in [6.07, 6.45) is 2.44. The minimum absolute atomic E-state index is 0.460. The number of hydrogen-bond acceptors (Lipinski definition) is 3. The van der Waals surface area contributed by atoms with Crippen LogP contribution in [0.5, 0.6) is 0 Å². The fraction of sp³-hybridized carbons (Fsp3) is 0.500. The maximum Gasteiger partial charge on any atom is 0.250 e. The first-order valence-corrected chi connectivity index (χ1v) is 2.35. The van der Waals surface area contributed by atoms with Gasteiger partial charge in [0, 0.05) is 13.1 Å². The van der Waals surface area contributed by atoms with Crippen LogP contribution < -0.4 is 0 Å². The van der Waals surface area contributed by atoms with Gasteiger partial charge in [-0.05, 0) is 0 Å². The molecule has 44 valence electrons. The van der Waals surface area contributed by atoms with Crippen LogP contribution in [0.2, 0.25) is 0 Å². The van der Waals surface area contributed by atoms with E-state index in [1.807, 2.05) is 4.90 Å². The van der Waals surface area contributed by atoms with Crippen molar-refractivity contribution in [2.45, 2.75) is 0 Å². The van der Waals surface area contributed by atoms with Crippen LogP contribution in [0, 0.1) is 10.1 Å². The lowest BCUT2D eigenvalue weighted by atomic mass is 10.9. The highest BCUT2D eigenvalue weighted by Gasteiger charge is 2.11. The van der Waals surface area contributed by atoms with Crippen molar-refractivity contribution in [3.8, 4) is 0 Å². The summed E-state index contributed by atoms with van der Waals surface area (Å²) in [6, 6.07) is 0. The summed E-state index contributed by atoms with van der Waals surface area (Å²) in [6.45, 7) is 1.93. The van der Waals surface area contributed by atoms with E-state index < -0.39 is 4.92 Å². The van der Waals surface area contributed by atoms with Gasteiger partial charge in [-0.1, -0.05) is 0 Å². The van der Waals surface area contributed by atoms with Crippen LogP contribution in [0.15, 0.2) is 12.4 Å². The van der Waals surface area contributed by atoms with Crippen LogP contribution in [-0.2, 0) is 0 Å². The predicted octanol–water partition coefficient (Wildman–Crippen LogP) is 0.0499. The third-order valence-corrected chi connectivity index (χ3v) is 0.881. The molecule has 0 spiro atoms. The zero-order chi connectivity index (χ0) is 5.98. The van der Waals surface area contributed by atoms with E-state index in [-0.39, 0.29) is 0 Å². The molecule has 0 amide bonds. The maximum absolute atomic E-state index is 9.62. The minimum Gasteiger partial charge on any atom is -0.369 e. The number of rotatable bonds is 2. The lowest BCUT2D eigenvalue weighted by Gasteiger charge is -1.81. The van der Waals surface area contributed by atoms with Crippen molar-refractivity contribution in [1.82, 2.24) is 4.90 Å². The number of nitrogens with zero attached hydrogens (tertiary/aromatic N) is 2. The second kappa shape index (κ2) is 1.81. The Hall–Kier alpha value is -1.06. The van der Waals surface area contributed by atoms with E-state index in [9.17, 15) is 10.1 Å². The Bertz CT molecular complexity index is 128. The molecule has 8 heavy (non-hydrogen) atoms. The van der Waals surface area contributed by atoms with Crippen LogP contribution in [0.1, 0.15) is 0 Å². The summed E-state index contributed by atoms with van der Waals surface area (Å²) < 4.78 is 0. The van der Waals surface area contributed by atoms with Gasteiger partial charge in [0.2, 0.25) is 6.20 Å². The van der Waals surface area contributed by atoms with Gasteiger partial charge in [0.1, 0.15) is 0 Å². The molecule has 0 aromatic carbocycles. The van der Waals surface area contributed by atoms with Crippen molar-refractivity contribution in [2.75, 3.05) is 13.1 Å². The molecule has 1 saturated heterocycles. The zero-order valence-electron chi connectivity index (χ0n) is 4.28. The average Bonchev–Trinajstić information content (AvgIpc) is 2.41. The molecule has 0 unspecified atom stereocenters. The van der Waals surface area contributed by atoms with Crippen molar-refractivity contribution >= 4 is 0 Å². The third kappa shape index (κ3) is 1.59. The predicted molar refractivity (Wildman–Crippen MR) is 27.7 cm³/mol. The molecule has 0 N–H and O–H groups in total. The van der Waals surface area contributed by atoms with E-state index in [1.165, 1.54) is 6.20 Å². The van der Waals surface area contributed by atoms with E-state index in [2.05, 4.69) is 0 Å². The van der Waals surface area contributed by atoms with E-state index in [0.29, 0.717) is 0 Å². The molecule has 1 fully saturated rings. The Labute approximate surface area is 46.6 Å². The molecule has 0 bridgehead atoms. The van der Waals surface area contributed by atoms with Crippen molar-refractivity contribution in [2.24, 2.45) is 0 Å². The fourth-order valence-electron chi connectivity index (χ4n) is 0.356. The molecular formula is C4H6N2O2. The van der Waals surface area contributed by atoms with Crippen molar-refractivity contribution in [3.63, 3.8) is 0 Å². The summed E-state index contributed by atoms with van der Waals surface area (Å²) >= 11 is 0. The standard InChI is InChI=1S/C4H6N2O2/c7-6(8)4-3-5-1-2-5/h3-4H,1-2H2. The van der Waals surface area contributed by atoms with Gasteiger partial charge in [-0.25, -0.2) is 0 Å². The first-order valence-electron chi connectivity index (χ1n) is 2.35. The molecule has 0 atom stereocenters. The highest BCUT2D eigenvalue weighted by Crippen LogP contribution is 2.02. The minimum atomic E-state index is -0.460. The highest BCUT2D eigenvalue weighted by molar-refractivity contribution is 4.85. The summed E-state index contributed by atoms with van der Waals surface area (Å²) in [5, 5.41) is 9.62. The summed E-state index contributed by atoms with van der Waals surface area (Å²) in [5.41, 5.74) is 0. The Morgan fingerprint density at radius 1 is 1.62 bits per heavy atom. The normalized spacial score (nSPS) is 17.2. The second-order valence-corrected chi connectivity index (χ2v) is 1.62. The molecule has 0 aromatic rings. The topological polar surface area (TPSA) is 46.1 Å². The fourth-order valence-corrected chi connectivity index (χ4v) is 0.356. The Morgan fingerprint density at radius 3 is 2.62 bits per heavy atom. The second-order valence-electron chi connectivity index (χ2n) is 1.62. The molecule has 1 heterocycles. The lowest BCUT2D eigenvalue weighted by molar-refractivity contribution is -0.403. The molecule has 4 nitrogen and oxygen atoms in total. The molecule has 1 rings (SSSR count). The molecule has 4 heteroatoms. The van der Waals surface area contributed by atoms with E-state index in [4.69, 9.17) is 0 Å². The van der Waals surface area contributed by atoms with Gasteiger partial charge in [0.15, 0.2) is 0 Å². The highest BCUT2D eigenvalue weighted by atomic mass is 16.6. The zero-order valence-corrected chi connectivity index (χ0v) is 4.28. The molecule has 1 aliphatic rings. The van der Waals surface area contributed by atoms with Gasteiger partial charge in [0.05, 0.1) is 11.1 Å². The summed E-state index contributed by atoms with van der Waals surface area (Å²) in [4.78, 5) is 11.0. The van der Waals surface area contributed by atoms with Crippen LogP contribution in [0.4, 0.5) is 0 Å². The first-order chi connectivity index (χ1) is 3.79. The molecular weight excluding hydrogens is 108 g/mol. The molecule has 0 aliphatic carbocycles. The molecule has 1 aliphatic heterocycles. The van der Waals surface area contributed by atoms with E-state index in [0.717, 1.165) is 19.3 Å². The van der Waals surface area contributed by atoms with Crippen molar-refractivity contribution in [1.29, 1.82) is 0 Å². The lowest BCUT2D eigenvalue weighted by Crippen LogP contribution is -1.86. The third-order valence-electron chi connectivity index (χ3n) is 0.881. The summed E-state index contributed by atoms with van der Waals surface area (Å²) in [5.74, 6) is 0. The van der Waals surface area contributed by atoms with Crippen molar-refractivity contribution in [3.05, 3.63) is 22.5 Å². The number of nitro groups is 1. The molecule has 0 radical (unpaired) electrons. The maximum atomic E-state index is 9.62. The number of hydrogen-bond donors (Lipinski definition) is 0. The first kappa shape index (κ1) is 5.08. The van der Waals surface area contributed by atoms with Gasteiger partial charge < -0.3 is 4.90 Å². The SMILES string of the molecule is O=[N+]([O-])C=CN1CC1. The van der Waals surface area contributed by atoms with Crippen LogP contribution in [0.25, 0.3) is 0 Å². The van der Waals surface area contributed by atoms with Gasteiger partial charge >= 0.3 is 0 Å². The van der Waals surface area contributed by atoms with E-state index >= 15 is 0 Å². The monoisotopic (exact) mass is 114 g/mol. The van der Waals surface area contributed by atoms with Crippen molar-refractivity contribution < 1.29 is 4.92 Å². The van der Waals surface area contributed by atoms with Gasteiger partial charge in [-0.3, -0.25) is 10.1 Å². The Balaban J connectivity index is 2.23. The Morgan fingerprint density at radius 2 is 2.25 bits per heavy atom. The van der Waals surface area contributed by atoms with Gasteiger partial charge in [-0.2, -0.15) is 0 Å². The van der Waals surface area contributed by atoms with Gasteiger partial charge in [-0.15, -0.1) is 0 Å². The smallest absolute Gasteiger partial charge is 0.250 e.